The molecule has 0 spiro atoms. The number of piperidine rings is 1. The van der Waals surface area contributed by atoms with E-state index in [1.807, 2.05) is 18.2 Å². The second kappa shape index (κ2) is 7.26. The van der Waals surface area contributed by atoms with E-state index in [1.165, 1.54) is 26.2 Å². The molecule has 0 saturated carbocycles. The zero-order chi connectivity index (χ0) is 17.1. The highest BCUT2D eigenvalue weighted by molar-refractivity contribution is 5.79. The molecule has 0 radical (unpaired) electrons. The van der Waals surface area contributed by atoms with Crippen LogP contribution in [0.15, 0.2) is 29.1 Å². The number of aromatic nitrogens is 2. The number of ketones is 1. The average Bonchev–Trinajstić information content (AvgIpc) is 2.58. The van der Waals surface area contributed by atoms with Gasteiger partial charge in [0.2, 0.25) is 0 Å². The van der Waals surface area contributed by atoms with Crippen molar-refractivity contribution in [1.82, 2.24) is 14.5 Å². The van der Waals surface area contributed by atoms with Crippen molar-refractivity contribution in [3.8, 4) is 0 Å². The summed E-state index contributed by atoms with van der Waals surface area (Å²) < 4.78 is 1.56. The molecule has 1 saturated heterocycles. The quantitative estimate of drug-likeness (QED) is 0.847. The van der Waals surface area contributed by atoms with Gasteiger partial charge in [-0.2, -0.15) is 0 Å². The Morgan fingerprint density at radius 2 is 2.08 bits per heavy atom. The second-order valence-corrected chi connectivity index (χ2v) is 6.67. The molecule has 2 aromatic rings. The Morgan fingerprint density at radius 3 is 2.83 bits per heavy atom. The molecule has 1 atom stereocenters. The summed E-state index contributed by atoms with van der Waals surface area (Å²) in [5, 5.41) is 0.577. The third-order valence-corrected chi connectivity index (χ3v) is 4.89. The van der Waals surface area contributed by atoms with E-state index in [9.17, 15) is 9.59 Å². The fourth-order valence-corrected chi connectivity index (χ4v) is 3.63. The maximum Gasteiger partial charge on any atom is 0.261 e. The first-order valence-corrected chi connectivity index (χ1v) is 8.82. The molecule has 1 aromatic heterocycles. The van der Waals surface area contributed by atoms with Crippen molar-refractivity contribution >= 4 is 16.7 Å². The van der Waals surface area contributed by atoms with Crippen LogP contribution in [-0.2, 0) is 17.9 Å². The minimum atomic E-state index is -0.115. The molecular formula is C19H25N3O2. The van der Waals surface area contributed by atoms with Crippen molar-refractivity contribution in [3.63, 3.8) is 0 Å². The van der Waals surface area contributed by atoms with Gasteiger partial charge in [-0.05, 0) is 44.9 Å². The van der Waals surface area contributed by atoms with Crippen LogP contribution in [0.2, 0.25) is 0 Å². The van der Waals surface area contributed by atoms with E-state index in [4.69, 9.17) is 4.98 Å². The lowest BCUT2D eigenvalue weighted by Crippen LogP contribution is -2.40. The van der Waals surface area contributed by atoms with Gasteiger partial charge in [0, 0.05) is 6.04 Å². The molecule has 0 bridgehead atoms. The van der Waals surface area contributed by atoms with E-state index < -0.39 is 0 Å². The molecule has 1 fully saturated rings. The van der Waals surface area contributed by atoms with E-state index in [0.717, 1.165) is 13.0 Å². The normalized spacial score (nSPS) is 18.8. The van der Waals surface area contributed by atoms with Gasteiger partial charge in [-0.1, -0.05) is 25.5 Å². The minimum Gasteiger partial charge on any atom is -0.298 e. The Balaban J connectivity index is 2.04. The maximum atomic E-state index is 12.8. The van der Waals surface area contributed by atoms with Crippen molar-refractivity contribution in [1.29, 1.82) is 0 Å². The standard InChI is InChI=1S/C19H25N3O2/c1-3-15-8-6-7-11-21(15)13-18-20-17-10-5-4-9-16(17)19(24)22(18)12-14(2)23/h4-5,9-10,15H,3,6-8,11-13H2,1-2H3/t15-/m0/s1. The zero-order valence-electron chi connectivity index (χ0n) is 14.5. The van der Waals surface area contributed by atoms with Gasteiger partial charge < -0.3 is 0 Å². The van der Waals surface area contributed by atoms with Crippen LogP contribution < -0.4 is 5.56 Å². The maximum absolute atomic E-state index is 12.8. The fraction of sp³-hybridized carbons (Fsp3) is 0.526. The second-order valence-electron chi connectivity index (χ2n) is 6.67. The Kier molecular flexibility index (Phi) is 5.09. The van der Waals surface area contributed by atoms with E-state index in [-0.39, 0.29) is 17.9 Å². The SMILES string of the molecule is CC[C@H]1CCCCN1Cc1nc2ccccc2c(=O)n1CC(C)=O. The van der Waals surface area contributed by atoms with E-state index in [2.05, 4.69) is 11.8 Å². The summed E-state index contributed by atoms with van der Waals surface area (Å²) in [5.41, 5.74) is 0.596. The number of Topliss-reactive ketones (excluding diaryl/α,β-unsaturated/α-hetero) is 1. The summed E-state index contributed by atoms with van der Waals surface area (Å²) in [4.78, 5) is 31.6. The monoisotopic (exact) mass is 327 g/mol. The number of para-hydroxylation sites is 1. The number of benzene rings is 1. The van der Waals surface area contributed by atoms with E-state index >= 15 is 0 Å². The minimum absolute atomic E-state index is 0.0267. The number of carbonyl (C=O) groups excluding carboxylic acids is 1. The molecule has 0 unspecified atom stereocenters. The summed E-state index contributed by atoms with van der Waals surface area (Å²) in [7, 11) is 0. The number of nitrogens with zero attached hydrogens (tertiary/aromatic N) is 3. The van der Waals surface area contributed by atoms with Crippen LogP contribution in [0.25, 0.3) is 10.9 Å². The van der Waals surface area contributed by atoms with Crippen LogP contribution in [0.4, 0.5) is 0 Å². The van der Waals surface area contributed by atoms with Gasteiger partial charge in [0.1, 0.15) is 11.6 Å². The number of hydrogen-bond donors (Lipinski definition) is 0. The molecule has 3 rings (SSSR count). The van der Waals surface area contributed by atoms with E-state index in [1.54, 1.807) is 10.6 Å². The number of hydrogen-bond acceptors (Lipinski definition) is 4. The third kappa shape index (κ3) is 3.41. The van der Waals surface area contributed by atoms with Crippen molar-refractivity contribution in [3.05, 3.63) is 40.4 Å². The predicted octanol–water partition coefficient (Wildman–Crippen LogP) is 2.75. The molecule has 1 aliphatic rings. The van der Waals surface area contributed by atoms with Crippen molar-refractivity contribution < 1.29 is 4.79 Å². The van der Waals surface area contributed by atoms with Gasteiger partial charge >= 0.3 is 0 Å². The molecule has 5 heteroatoms. The Morgan fingerprint density at radius 1 is 1.29 bits per heavy atom. The Bertz CT molecular complexity index is 797. The highest BCUT2D eigenvalue weighted by Crippen LogP contribution is 2.21. The molecule has 1 aromatic carbocycles. The number of rotatable bonds is 5. The highest BCUT2D eigenvalue weighted by atomic mass is 16.1. The van der Waals surface area contributed by atoms with Gasteiger partial charge in [-0.15, -0.1) is 0 Å². The van der Waals surface area contributed by atoms with E-state index in [0.29, 0.717) is 29.3 Å². The van der Waals surface area contributed by atoms with Gasteiger partial charge in [0.15, 0.2) is 0 Å². The van der Waals surface area contributed by atoms with Gasteiger partial charge in [-0.25, -0.2) is 4.98 Å². The first kappa shape index (κ1) is 16.8. The van der Waals surface area contributed by atoms with Crippen LogP contribution >= 0.6 is 0 Å². The lowest BCUT2D eigenvalue weighted by Gasteiger charge is -2.35. The van der Waals surface area contributed by atoms with Gasteiger partial charge in [0.25, 0.3) is 5.56 Å². The summed E-state index contributed by atoms with van der Waals surface area (Å²) in [6.07, 6.45) is 4.74. The van der Waals surface area contributed by atoms with Gasteiger partial charge in [-0.3, -0.25) is 19.1 Å². The molecule has 5 nitrogen and oxygen atoms in total. The summed E-state index contributed by atoms with van der Waals surface area (Å²) in [6, 6.07) is 7.91. The Hall–Kier alpha value is -2.01. The van der Waals surface area contributed by atoms with Crippen LogP contribution in [0.1, 0.15) is 45.4 Å². The first-order valence-electron chi connectivity index (χ1n) is 8.82. The average molecular weight is 327 g/mol. The largest absolute Gasteiger partial charge is 0.298 e. The summed E-state index contributed by atoms with van der Waals surface area (Å²) in [6.45, 7) is 5.48. The van der Waals surface area contributed by atoms with Gasteiger partial charge in [0.05, 0.1) is 24.0 Å². The first-order chi connectivity index (χ1) is 11.6. The fourth-order valence-electron chi connectivity index (χ4n) is 3.63. The zero-order valence-corrected chi connectivity index (χ0v) is 14.5. The lowest BCUT2D eigenvalue weighted by molar-refractivity contribution is -0.117. The van der Waals surface area contributed by atoms with Crippen LogP contribution in [-0.4, -0.2) is 32.8 Å². The van der Waals surface area contributed by atoms with Crippen LogP contribution in [0.3, 0.4) is 0 Å². The smallest absolute Gasteiger partial charge is 0.261 e. The summed E-state index contributed by atoms with van der Waals surface area (Å²) >= 11 is 0. The molecule has 128 valence electrons. The molecule has 0 aliphatic carbocycles. The number of fused-ring (bicyclic) bond motifs is 1. The van der Waals surface area contributed by atoms with Crippen molar-refractivity contribution in [2.45, 2.75) is 58.7 Å². The van der Waals surface area contributed by atoms with Crippen molar-refractivity contribution in [2.75, 3.05) is 6.54 Å². The molecule has 0 N–H and O–H groups in total. The molecule has 1 aliphatic heterocycles. The van der Waals surface area contributed by atoms with Crippen LogP contribution in [0.5, 0.6) is 0 Å². The molecule has 0 amide bonds. The molecule has 24 heavy (non-hydrogen) atoms. The molecule has 2 heterocycles. The number of likely N-dealkylation sites (tertiary alicyclic amines) is 1. The lowest BCUT2D eigenvalue weighted by atomic mass is 10.00. The van der Waals surface area contributed by atoms with Crippen LogP contribution in [0, 0.1) is 0 Å². The highest BCUT2D eigenvalue weighted by Gasteiger charge is 2.23. The van der Waals surface area contributed by atoms with Crippen molar-refractivity contribution in [2.24, 2.45) is 0 Å². The topological polar surface area (TPSA) is 55.2 Å². The third-order valence-electron chi connectivity index (χ3n) is 4.89. The molecular weight excluding hydrogens is 302 g/mol. The number of carbonyl (C=O) groups is 1. The predicted molar refractivity (Wildman–Crippen MR) is 95.0 cm³/mol. The Labute approximate surface area is 142 Å². The summed E-state index contributed by atoms with van der Waals surface area (Å²) in [5.74, 6) is 0.676.